The summed E-state index contributed by atoms with van der Waals surface area (Å²) >= 11 is 0. The van der Waals surface area contributed by atoms with Crippen LogP contribution in [0.5, 0.6) is 0 Å². The Bertz CT molecular complexity index is 903. The van der Waals surface area contributed by atoms with Crippen LogP contribution in [0.4, 0.5) is 11.9 Å². The van der Waals surface area contributed by atoms with E-state index in [4.69, 9.17) is 11.1 Å². The van der Waals surface area contributed by atoms with E-state index in [-0.39, 0.29) is 68.9 Å². The Hall–Kier alpha value is -2.69. The molecule has 0 bridgehead atoms. The van der Waals surface area contributed by atoms with Gasteiger partial charge in [-0.3, -0.25) is 5.41 Å². The minimum atomic E-state index is -0.732. The van der Waals surface area contributed by atoms with Gasteiger partial charge in [0.25, 0.3) is 0 Å². The van der Waals surface area contributed by atoms with Crippen molar-refractivity contribution in [2.45, 2.75) is 104 Å². The SMILES string of the molecule is CC(O)CN(CC(C)O)C(=N)N=C(N)CCC(C)c1nc(N(CC(C)O)CC(C)O)nc(N(CC(C)O)CC(C)O)n1. The van der Waals surface area contributed by atoms with Gasteiger partial charge < -0.3 is 51.1 Å². The maximum atomic E-state index is 10.1. The van der Waals surface area contributed by atoms with Crippen LogP contribution in [0.15, 0.2) is 4.99 Å². The van der Waals surface area contributed by atoms with Gasteiger partial charge in [-0.15, -0.1) is 0 Å². The molecule has 0 radical (unpaired) electrons. The summed E-state index contributed by atoms with van der Waals surface area (Å²) in [7, 11) is 0. The number of nitrogens with two attached hydrogens (primary N) is 1. The summed E-state index contributed by atoms with van der Waals surface area (Å²) in [5.41, 5.74) is 6.15. The number of anilines is 2. The van der Waals surface area contributed by atoms with E-state index in [9.17, 15) is 30.6 Å². The zero-order valence-electron chi connectivity index (χ0n) is 26.1. The molecule has 15 heteroatoms. The average molecular weight is 600 g/mol. The molecule has 0 aliphatic carbocycles. The molecule has 42 heavy (non-hydrogen) atoms. The van der Waals surface area contributed by atoms with Gasteiger partial charge in [0.05, 0.1) is 36.6 Å². The van der Waals surface area contributed by atoms with E-state index in [2.05, 4.69) is 19.9 Å². The molecule has 0 amide bonds. The van der Waals surface area contributed by atoms with Crippen molar-refractivity contribution in [3.8, 4) is 0 Å². The van der Waals surface area contributed by atoms with Crippen molar-refractivity contribution in [1.29, 1.82) is 5.41 Å². The molecule has 0 fully saturated rings. The molecule has 0 aliphatic heterocycles. The Morgan fingerprint density at radius 3 is 1.36 bits per heavy atom. The third kappa shape index (κ3) is 14.5. The van der Waals surface area contributed by atoms with Crippen LogP contribution in [0.1, 0.15) is 73.1 Å². The van der Waals surface area contributed by atoms with Gasteiger partial charge in [0, 0.05) is 51.6 Å². The molecule has 0 aliphatic rings. The quantitative estimate of drug-likeness (QED) is 0.0767. The summed E-state index contributed by atoms with van der Waals surface area (Å²) in [6.07, 6.45) is -3.62. The second-order valence-corrected chi connectivity index (χ2v) is 11.5. The largest absolute Gasteiger partial charge is 0.392 e. The van der Waals surface area contributed by atoms with Crippen LogP contribution in [0.25, 0.3) is 0 Å². The number of rotatable bonds is 18. The van der Waals surface area contributed by atoms with Crippen molar-refractivity contribution >= 4 is 23.7 Å². The second kappa shape index (κ2) is 18.1. The van der Waals surface area contributed by atoms with Crippen LogP contribution in [-0.2, 0) is 0 Å². The van der Waals surface area contributed by atoms with Crippen LogP contribution >= 0.6 is 0 Å². The highest BCUT2D eigenvalue weighted by molar-refractivity contribution is 5.93. The summed E-state index contributed by atoms with van der Waals surface area (Å²) in [5.74, 6) is 0.646. The highest BCUT2D eigenvalue weighted by Gasteiger charge is 2.23. The maximum absolute atomic E-state index is 10.1. The van der Waals surface area contributed by atoms with Gasteiger partial charge in [0.1, 0.15) is 11.7 Å². The van der Waals surface area contributed by atoms with Gasteiger partial charge in [-0.2, -0.15) is 15.0 Å². The number of aliphatic hydroxyl groups is 6. The number of amidine groups is 1. The Labute approximate surface area is 249 Å². The van der Waals surface area contributed by atoms with Crippen LogP contribution in [-0.4, -0.2) is 138 Å². The molecule has 7 atom stereocenters. The first-order valence-electron chi connectivity index (χ1n) is 14.5. The molecule has 0 saturated heterocycles. The van der Waals surface area contributed by atoms with Crippen molar-refractivity contribution < 1.29 is 30.6 Å². The lowest BCUT2D eigenvalue weighted by molar-refractivity contribution is 0.119. The monoisotopic (exact) mass is 599 g/mol. The van der Waals surface area contributed by atoms with E-state index in [0.29, 0.717) is 18.7 Å². The number of aromatic nitrogens is 3. The highest BCUT2D eigenvalue weighted by atomic mass is 16.3. The lowest BCUT2D eigenvalue weighted by Crippen LogP contribution is -2.40. The molecule has 7 unspecified atom stereocenters. The second-order valence-electron chi connectivity index (χ2n) is 11.5. The molecule has 1 aromatic heterocycles. The normalized spacial score (nSPS) is 17.1. The molecule has 9 N–H and O–H groups in total. The van der Waals surface area contributed by atoms with E-state index in [1.54, 1.807) is 51.3 Å². The zero-order chi connectivity index (χ0) is 32.1. The Morgan fingerprint density at radius 1 is 0.667 bits per heavy atom. The van der Waals surface area contributed by atoms with Crippen LogP contribution in [0.2, 0.25) is 0 Å². The summed E-state index contributed by atoms with van der Waals surface area (Å²) in [4.78, 5) is 22.9. The minimum absolute atomic E-state index is 0.123. The topological polar surface area (TPSA) is 232 Å². The Balaban J connectivity index is 3.36. The first kappa shape index (κ1) is 37.3. The third-order valence-corrected chi connectivity index (χ3v) is 5.93. The van der Waals surface area contributed by atoms with E-state index in [1.165, 1.54) is 4.90 Å². The van der Waals surface area contributed by atoms with E-state index >= 15 is 0 Å². The molecule has 15 nitrogen and oxygen atoms in total. The van der Waals surface area contributed by atoms with Gasteiger partial charge in [-0.1, -0.05) is 6.92 Å². The van der Waals surface area contributed by atoms with E-state index in [1.807, 2.05) is 6.92 Å². The standard InChI is InChI=1S/C27H53N9O6/c1-16(8-9-23(28)30-25(29)34(10-17(2)37)11-18(3)38)24-31-26(35(12-19(4)39)13-20(5)40)33-27(32-24)36(14-21(6)41)15-22(7)42/h16-22,37-42H,8-15H2,1-7H3,(H3,28,29,30). The Kier molecular flexibility index (Phi) is 16.1. The van der Waals surface area contributed by atoms with E-state index in [0.717, 1.165) is 0 Å². The van der Waals surface area contributed by atoms with Gasteiger partial charge in [0.15, 0.2) is 0 Å². The van der Waals surface area contributed by atoms with E-state index < -0.39 is 36.6 Å². The number of nitrogens with one attached hydrogen (secondary N) is 1. The molecule has 1 rings (SSSR count). The molecule has 1 heterocycles. The van der Waals surface area contributed by atoms with Crippen LogP contribution in [0, 0.1) is 5.41 Å². The fourth-order valence-electron chi connectivity index (χ4n) is 4.27. The van der Waals surface area contributed by atoms with Gasteiger partial charge in [-0.05, 0) is 48.0 Å². The summed E-state index contributed by atoms with van der Waals surface area (Å²) in [5, 5.41) is 68.2. The number of hydrogen-bond donors (Lipinski definition) is 8. The fourth-order valence-corrected chi connectivity index (χ4v) is 4.27. The lowest BCUT2D eigenvalue weighted by atomic mass is 10.0. The van der Waals surface area contributed by atoms with Crippen LogP contribution < -0.4 is 15.5 Å². The first-order chi connectivity index (χ1) is 19.5. The van der Waals surface area contributed by atoms with Crippen molar-refractivity contribution in [1.82, 2.24) is 19.9 Å². The zero-order valence-corrected chi connectivity index (χ0v) is 26.1. The smallest absolute Gasteiger partial charge is 0.230 e. The van der Waals surface area contributed by atoms with Gasteiger partial charge in [0.2, 0.25) is 17.9 Å². The number of nitrogens with zero attached hydrogens (tertiary/aromatic N) is 7. The molecule has 0 spiro atoms. The predicted molar refractivity (Wildman–Crippen MR) is 163 cm³/mol. The third-order valence-electron chi connectivity index (χ3n) is 5.93. The molecular formula is C27H53N9O6. The molecule has 242 valence electrons. The van der Waals surface area contributed by atoms with Crippen molar-refractivity contribution in [2.75, 3.05) is 49.1 Å². The van der Waals surface area contributed by atoms with Gasteiger partial charge in [-0.25, -0.2) is 4.99 Å². The molecule has 0 aromatic carbocycles. The number of aliphatic hydroxyl groups excluding tert-OH is 6. The van der Waals surface area contributed by atoms with Crippen molar-refractivity contribution in [3.05, 3.63) is 5.82 Å². The number of hydrogen-bond acceptors (Lipinski definition) is 12. The fraction of sp³-hybridized carbons (Fsp3) is 0.815. The van der Waals surface area contributed by atoms with Gasteiger partial charge >= 0.3 is 0 Å². The maximum Gasteiger partial charge on any atom is 0.230 e. The van der Waals surface area contributed by atoms with Crippen molar-refractivity contribution in [2.24, 2.45) is 10.7 Å². The number of guanidine groups is 1. The van der Waals surface area contributed by atoms with Crippen molar-refractivity contribution in [3.63, 3.8) is 0 Å². The minimum Gasteiger partial charge on any atom is -0.392 e. The summed E-state index contributed by atoms with van der Waals surface area (Å²) < 4.78 is 0. The molecular weight excluding hydrogens is 546 g/mol. The highest BCUT2D eigenvalue weighted by Crippen LogP contribution is 2.23. The number of aliphatic imine (C=N–C) groups is 1. The average Bonchev–Trinajstić information content (AvgIpc) is 2.84. The Morgan fingerprint density at radius 2 is 1.02 bits per heavy atom. The molecule has 0 saturated carbocycles. The predicted octanol–water partition coefficient (Wildman–Crippen LogP) is -0.753. The van der Waals surface area contributed by atoms with Crippen LogP contribution in [0.3, 0.4) is 0 Å². The summed E-state index contributed by atoms with van der Waals surface area (Å²) in [6, 6.07) is 0. The summed E-state index contributed by atoms with van der Waals surface area (Å²) in [6.45, 7) is 12.4. The molecule has 1 aromatic rings. The lowest BCUT2D eigenvalue weighted by Gasteiger charge is -2.29. The first-order valence-corrected chi connectivity index (χ1v) is 14.5.